The first-order chi connectivity index (χ1) is 6.68. The summed E-state index contributed by atoms with van der Waals surface area (Å²) in [6.45, 7) is 1.78. The molecule has 5 nitrogen and oxygen atoms in total. The topological polar surface area (TPSA) is 76.2 Å². The lowest BCUT2D eigenvalue weighted by Gasteiger charge is -1.95. The predicted molar refractivity (Wildman–Crippen MR) is 47.9 cm³/mol. The van der Waals surface area contributed by atoms with Crippen molar-refractivity contribution >= 4 is 16.9 Å². The summed E-state index contributed by atoms with van der Waals surface area (Å²) in [6.07, 6.45) is 1.42. The predicted octanol–water partition coefficient (Wildman–Crippen LogP) is 1.16. The van der Waals surface area contributed by atoms with Crippen LogP contribution in [0.3, 0.4) is 0 Å². The molecule has 0 saturated carbocycles. The first-order valence-electron chi connectivity index (χ1n) is 4.10. The van der Waals surface area contributed by atoms with Crippen LogP contribution in [-0.4, -0.2) is 21.2 Å². The highest BCUT2D eigenvalue weighted by Crippen LogP contribution is 2.19. The lowest BCUT2D eigenvalue weighted by Crippen LogP contribution is -2.02. The summed E-state index contributed by atoms with van der Waals surface area (Å²) < 4.78 is 4.95. The first kappa shape index (κ1) is 8.68. The Kier molecular flexibility index (Phi) is 1.92. The van der Waals surface area contributed by atoms with Gasteiger partial charge in [0.1, 0.15) is 11.3 Å². The van der Waals surface area contributed by atoms with Gasteiger partial charge in [-0.2, -0.15) is 0 Å². The molecule has 2 rings (SSSR count). The quantitative estimate of drug-likeness (QED) is 0.772. The SMILES string of the molecule is Cc1onc2c(CC(=O)O)nccc12. The number of rotatable bonds is 2. The van der Waals surface area contributed by atoms with Crippen molar-refractivity contribution in [3.8, 4) is 0 Å². The Morgan fingerprint density at radius 3 is 3.14 bits per heavy atom. The van der Waals surface area contributed by atoms with Gasteiger partial charge in [-0.1, -0.05) is 5.16 Å². The van der Waals surface area contributed by atoms with Crippen LogP contribution in [0.5, 0.6) is 0 Å². The molecule has 2 aromatic heterocycles. The smallest absolute Gasteiger partial charge is 0.309 e. The minimum atomic E-state index is -0.925. The molecule has 0 bridgehead atoms. The van der Waals surface area contributed by atoms with Gasteiger partial charge in [-0.25, -0.2) is 0 Å². The lowest BCUT2D eigenvalue weighted by atomic mass is 10.2. The van der Waals surface area contributed by atoms with E-state index in [9.17, 15) is 4.79 Å². The molecule has 0 spiro atoms. The second-order valence-electron chi connectivity index (χ2n) is 2.96. The third-order valence-electron chi connectivity index (χ3n) is 1.97. The number of nitrogens with zero attached hydrogens (tertiary/aromatic N) is 2. The molecule has 2 heterocycles. The molecule has 0 amide bonds. The van der Waals surface area contributed by atoms with Crippen LogP contribution >= 0.6 is 0 Å². The second-order valence-corrected chi connectivity index (χ2v) is 2.96. The average Bonchev–Trinajstić information content (AvgIpc) is 2.49. The summed E-state index contributed by atoms with van der Waals surface area (Å²) in [5.74, 6) is -0.250. The minimum absolute atomic E-state index is 0.136. The maximum Gasteiger partial charge on any atom is 0.309 e. The zero-order chi connectivity index (χ0) is 10.1. The maximum absolute atomic E-state index is 10.5. The molecule has 72 valence electrons. The van der Waals surface area contributed by atoms with Crippen molar-refractivity contribution < 1.29 is 14.4 Å². The van der Waals surface area contributed by atoms with Gasteiger partial charge >= 0.3 is 5.97 Å². The average molecular weight is 192 g/mol. The summed E-state index contributed by atoms with van der Waals surface area (Å²) in [7, 11) is 0. The van der Waals surface area contributed by atoms with Crippen molar-refractivity contribution in [3.05, 3.63) is 23.7 Å². The molecule has 0 aromatic carbocycles. The van der Waals surface area contributed by atoms with Gasteiger partial charge in [0.15, 0.2) is 0 Å². The first-order valence-corrected chi connectivity index (χ1v) is 4.10. The number of hydrogen-bond donors (Lipinski definition) is 1. The van der Waals surface area contributed by atoms with Crippen LogP contribution in [0, 0.1) is 6.92 Å². The molecular weight excluding hydrogens is 184 g/mol. The van der Waals surface area contributed by atoms with Gasteiger partial charge in [-0.15, -0.1) is 0 Å². The molecule has 14 heavy (non-hydrogen) atoms. The molecule has 0 fully saturated rings. The van der Waals surface area contributed by atoms with Crippen molar-refractivity contribution in [2.45, 2.75) is 13.3 Å². The highest BCUT2D eigenvalue weighted by atomic mass is 16.5. The number of aromatic nitrogens is 2. The largest absolute Gasteiger partial charge is 0.481 e. The Morgan fingerprint density at radius 1 is 1.64 bits per heavy atom. The molecular formula is C9H8N2O3. The van der Waals surface area contributed by atoms with E-state index in [1.165, 1.54) is 0 Å². The van der Waals surface area contributed by atoms with Crippen molar-refractivity contribution in [2.75, 3.05) is 0 Å². The Hall–Kier alpha value is -1.91. The minimum Gasteiger partial charge on any atom is -0.481 e. The highest BCUT2D eigenvalue weighted by molar-refractivity contribution is 5.85. The van der Waals surface area contributed by atoms with E-state index in [0.29, 0.717) is 17.0 Å². The standard InChI is InChI=1S/C9H8N2O3/c1-5-6-2-3-10-7(4-8(12)13)9(6)11-14-5/h2-3H,4H2,1H3,(H,12,13). The van der Waals surface area contributed by atoms with Crippen LogP contribution in [0.1, 0.15) is 11.5 Å². The molecule has 0 aliphatic carbocycles. The lowest BCUT2D eigenvalue weighted by molar-refractivity contribution is -0.136. The highest BCUT2D eigenvalue weighted by Gasteiger charge is 2.11. The fourth-order valence-corrected chi connectivity index (χ4v) is 1.32. The van der Waals surface area contributed by atoms with E-state index < -0.39 is 5.97 Å². The third kappa shape index (κ3) is 1.32. The van der Waals surface area contributed by atoms with Gasteiger partial charge < -0.3 is 9.63 Å². The zero-order valence-corrected chi connectivity index (χ0v) is 7.52. The normalized spacial score (nSPS) is 10.6. The summed E-state index contributed by atoms with van der Waals surface area (Å²) in [5.41, 5.74) is 0.972. The van der Waals surface area contributed by atoms with E-state index in [1.54, 1.807) is 19.2 Å². The molecule has 0 radical (unpaired) electrons. The number of carbonyl (C=O) groups is 1. The van der Waals surface area contributed by atoms with Crippen LogP contribution in [0.2, 0.25) is 0 Å². The monoisotopic (exact) mass is 192 g/mol. The summed E-state index contributed by atoms with van der Waals surface area (Å²) in [4.78, 5) is 14.5. The number of fused-ring (bicyclic) bond motifs is 1. The number of aliphatic carboxylic acids is 1. The van der Waals surface area contributed by atoms with E-state index in [4.69, 9.17) is 9.63 Å². The van der Waals surface area contributed by atoms with Crippen molar-refractivity contribution in [2.24, 2.45) is 0 Å². The zero-order valence-electron chi connectivity index (χ0n) is 7.52. The van der Waals surface area contributed by atoms with Gasteiger partial charge in [0.05, 0.1) is 12.1 Å². The summed E-state index contributed by atoms with van der Waals surface area (Å²) >= 11 is 0. The molecule has 0 saturated heterocycles. The van der Waals surface area contributed by atoms with E-state index in [1.807, 2.05) is 0 Å². The Morgan fingerprint density at radius 2 is 2.43 bits per heavy atom. The molecule has 2 aromatic rings. The molecule has 0 atom stereocenters. The molecule has 5 heteroatoms. The van der Waals surface area contributed by atoms with Gasteiger partial charge in [-0.3, -0.25) is 9.78 Å². The van der Waals surface area contributed by atoms with Crippen LogP contribution in [-0.2, 0) is 11.2 Å². The molecule has 0 aliphatic rings. The van der Waals surface area contributed by atoms with Crippen LogP contribution < -0.4 is 0 Å². The van der Waals surface area contributed by atoms with Crippen LogP contribution in [0.15, 0.2) is 16.8 Å². The number of aryl methyl sites for hydroxylation is 1. The Bertz CT molecular complexity index is 490. The van der Waals surface area contributed by atoms with Gasteiger partial charge in [-0.05, 0) is 13.0 Å². The van der Waals surface area contributed by atoms with Crippen molar-refractivity contribution in [1.29, 1.82) is 0 Å². The fraction of sp³-hybridized carbons (Fsp3) is 0.222. The van der Waals surface area contributed by atoms with Crippen molar-refractivity contribution in [3.63, 3.8) is 0 Å². The number of carboxylic acids is 1. The maximum atomic E-state index is 10.5. The van der Waals surface area contributed by atoms with Crippen LogP contribution in [0.25, 0.3) is 10.9 Å². The summed E-state index contributed by atoms with van der Waals surface area (Å²) in [5, 5.41) is 13.2. The van der Waals surface area contributed by atoms with Gasteiger partial charge in [0.25, 0.3) is 0 Å². The van der Waals surface area contributed by atoms with Gasteiger partial charge in [0.2, 0.25) is 0 Å². The van der Waals surface area contributed by atoms with E-state index in [-0.39, 0.29) is 6.42 Å². The summed E-state index contributed by atoms with van der Waals surface area (Å²) in [6, 6.07) is 1.76. The van der Waals surface area contributed by atoms with E-state index in [0.717, 1.165) is 5.39 Å². The number of pyridine rings is 1. The van der Waals surface area contributed by atoms with Gasteiger partial charge in [0, 0.05) is 11.6 Å². The third-order valence-corrected chi connectivity index (χ3v) is 1.97. The van der Waals surface area contributed by atoms with Crippen molar-refractivity contribution in [1.82, 2.24) is 10.1 Å². The molecule has 0 aliphatic heterocycles. The Balaban J connectivity index is 2.59. The number of hydrogen-bond acceptors (Lipinski definition) is 4. The van der Waals surface area contributed by atoms with Crippen LogP contribution in [0.4, 0.5) is 0 Å². The molecule has 1 N–H and O–H groups in total. The Labute approximate surface area is 79.3 Å². The fourth-order valence-electron chi connectivity index (χ4n) is 1.32. The molecule has 0 unspecified atom stereocenters. The second kappa shape index (κ2) is 3.10. The number of carboxylic acid groups (broad SMARTS) is 1. The van der Waals surface area contributed by atoms with E-state index >= 15 is 0 Å². The van der Waals surface area contributed by atoms with E-state index in [2.05, 4.69) is 10.1 Å².